The summed E-state index contributed by atoms with van der Waals surface area (Å²) in [6, 6.07) is 2.06. The fraction of sp³-hybridized carbons (Fsp3) is 0.556. The Morgan fingerprint density at radius 2 is 2.29 bits per heavy atom. The molecule has 0 amide bonds. The molecule has 0 fully saturated rings. The van der Waals surface area contributed by atoms with Gasteiger partial charge in [0.05, 0.1) is 0 Å². The lowest BCUT2D eigenvalue weighted by molar-refractivity contribution is 0.631. The lowest BCUT2D eigenvalue weighted by atomic mass is 10.3. The van der Waals surface area contributed by atoms with Crippen LogP contribution in [0.1, 0.15) is 17.7 Å². The van der Waals surface area contributed by atoms with Crippen LogP contribution in [0.5, 0.6) is 0 Å². The zero-order chi connectivity index (χ0) is 10.4. The number of thiophene rings is 1. The molecule has 0 atom stereocenters. The first-order valence-electron chi connectivity index (χ1n) is 4.58. The van der Waals surface area contributed by atoms with Crippen molar-refractivity contribution in [2.75, 3.05) is 13.1 Å². The fourth-order valence-electron chi connectivity index (χ4n) is 1.08. The van der Waals surface area contributed by atoms with E-state index in [1.807, 2.05) is 0 Å². The van der Waals surface area contributed by atoms with E-state index in [1.165, 1.54) is 4.88 Å². The molecule has 0 spiro atoms. The normalized spacial score (nSPS) is 10.8. The van der Waals surface area contributed by atoms with Crippen molar-refractivity contribution < 1.29 is 0 Å². The summed E-state index contributed by atoms with van der Waals surface area (Å²) >= 11 is 10.9. The van der Waals surface area contributed by atoms with Crippen LogP contribution in [0.3, 0.4) is 0 Å². The minimum Gasteiger partial charge on any atom is -0.330 e. The number of nitrogens with two attached hydrogens (primary N) is 1. The van der Waals surface area contributed by atoms with Crippen LogP contribution in [0.15, 0.2) is 10.5 Å². The van der Waals surface area contributed by atoms with Crippen LogP contribution in [0.25, 0.3) is 0 Å². The zero-order valence-electron chi connectivity index (χ0n) is 7.85. The van der Waals surface area contributed by atoms with Gasteiger partial charge in [0.15, 0.2) is 0 Å². The molecule has 14 heavy (non-hydrogen) atoms. The molecule has 0 bridgehead atoms. The van der Waals surface area contributed by atoms with Crippen molar-refractivity contribution in [2.45, 2.75) is 19.4 Å². The molecule has 1 aromatic rings. The van der Waals surface area contributed by atoms with Crippen molar-refractivity contribution in [3.05, 3.63) is 19.8 Å². The largest absolute Gasteiger partial charge is 0.330 e. The Hall–Kier alpha value is 0.390. The summed E-state index contributed by atoms with van der Waals surface area (Å²) in [4.78, 5) is 1.26. The van der Waals surface area contributed by atoms with Crippen LogP contribution >= 0.6 is 38.9 Å². The third-order valence-corrected chi connectivity index (χ3v) is 4.28. The van der Waals surface area contributed by atoms with Crippen molar-refractivity contribution in [3.63, 3.8) is 0 Å². The van der Waals surface area contributed by atoms with Gasteiger partial charge in [-0.05, 0) is 47.9 Å². The van der Waals surface area contributed by atoms with Crippen molar-refractivity contribution in [1.29, 1.82) is 0 Å². The second-order valence-electron chi connectivity index (χ2n) is 3.01. The molecule has 3 N–H and O–H groups in total. The monoisotopic (exact) mass is 296 g/mol. The van der Waals surface area contributed by atoms with Crippen LogP contribution in [0.4, 0.5) is 0 Å². The van der Waals surface area contributed by atoms with Crippen molar-refractivity contribution >= 4 is 38.9 Å². The van der Waals surface area contributed by atoms with Gasteiger partial charge < -0.3 is 11.1 Å². The Bertz CT molecular complexity index is 258. The SMILES string of the molecule is NCCCCNCc1cc(Br)c(Cl)s1. The average molecular weight is 298 g/mol. The van der Waals surface area contributed by atoms with E-state index in [4.69, 9.17) is 17.3 Å². The van der Waals surface area contributed by atoms with Gasteiger partial charge in [0.1, 0.15) is 4.34 Å². The summed E-state index contributed by atoms with van der Waals surface area (Å²) < 4.78 is 1.81. The summed E-state index contributed by atoms with van der Waals surface area (Å²) in [5.74, 6) is 0. The molecule has 0 aliphatic heterocycles. The fourth-order valence-corrected chi connectivity index (χ4v) is 2.84. The van der Waals surface area contributed by atoms with Gasteiger partial charge in [-0.15, -0.1) is 11.3 Å². The molecule has 0 saturated heterocycles. The van der Waals surface area contributed by atoms with E-state index in [-0.39, 0.29) is 0 Å². The average Bonchev–Trinajstić information content (AvgIpc) is 2.46. The Kier molecular flexibility index (Phi) is 6.05. The highest BCUT2D eigenvalue weighted by Gasteiger charge is 2.03. The molecule has 1 rings (SSSR count). The van der Waals surface area contributed by atoms with Crippen LogP contribution in [-0.2, 0) is 6.54 Å². The maximum atomic E-state index is 5.92. The molecule has 1 aromatic heterocycles. The molecule has 2 nitrogen and oxygen atoms in total. The predicted molar refractivity (Wildman–Crippen MR) is 67.0 cm³/mol. The number of hydrogen-bond acceptors (Lipinski definition) is 3. The first-order valence-corrected chi connectivity index (χ1v) is 6.57. The highest BCUT2D eigenvalue weighted by Crippen LogP contribution is 2.31. The predicted octanol–water partition coefficient (Wildman–Crippen LogP) is 2.99. The van der Waals surface area contributed by atoms with E-state index in [2.05, 4.69) is 27.3 Å². The van der Waals surface area contributed by atoms with Gasteiger partial charge in [0, 0.05) is 15.9 Å². The topological polar surface area (TPSA) is 38.0 Å². The first-order chi connectivity index (χ1) is 6.74. The standard InChI is InChI=1S/C9H14BrClN2S/c10-8-5-7(14-9(8)11)6-13-4-2-1-3-12/h5,13H,1-4,6,12H2. The smallest absolute Gasteiger partial charge is 0.107 e. The number of halogens is 2. The molecular formula is C9H14BrClN2S. The molecule has 0 aromatic carbocycles. The minimum atomic E-state index is 0.776. The van der Waals surface area contributed by atoms with Crippen LogP contribution in [0.2, 0.25) is 4.34 Å². The van der Waals surface area contributed by atoms with Gasteiger partial charge in [-0.2, -0.15) is 0 Å². The summed E-state index contributed by atoms with van der Waals surface area (Å²) in [6.07, 6.45) is 2.22. The third-order valence-electron chi connectivity index (χ3n) is 1.80. The number of nitrogens with one attached hydrogen (secondary N) is 1. The Morgan fingerprint density at radius 1 is 1.50 bits per heavy atom. The summed E-state index contributed by atoms with van der Waals surface area (Å²) in [5.41, 5.74) is 5.40. The van der Waals surface area contributed by atoms with Crippen molar-refractivity contribution in [3.8, 4) is 0 Å². The molecule has 80 valence electrons. The minimum absolute atomic E-state index is 0.776. The van der Waals surface area contributed by atoms with E-state index < -0.39 is 0 Å². The first kappa shape index (κ1) is 12.5. The van der Waals surface area contributed by atoms with Gasteiger partial charge >= 0.3 is 0 Å². The van der Waals surface area contributed by atoms with Gasteiger partial charge in [0.25, 0.3) is 0 Å². The molecule has 0 saturated carbocycles. The van der Waals surface area contributed by atoms with Crippen LogP contribution in [0, 0.1) is 0 Å². The van der Waals surface area contributed by atoms with Gasteiger partial charge in [0.2, 0.25) is 0 Å². The summed E-state index contributed by atoms with van der Waals surface area (Å²) in [7, 11) is 0. The van der Waals surface area contributed by atoms with Crippen molar-refractivity contribution in [1.82, 2.24) is 5.32 Å². The number of rotatable bonds is 6. The molecule has 0 radical (unpaired) electrons. The number of unbranched alkanes of at least 4 members (excludes halogenated alkanes) is 1. The van der Waals surface area contributed by atoms with Crippen LogP contribution < -0.4 is 11.1 Å². The Balaban J connectivity index is 2.18. The van der Waals surface area contributed by atoms with Crippen LogP contribution in [-0.4, -0.2) is 13.1 Å². The molecule has 0 unspecified atom stereocenters. The Morgan fingerprint density at radius 3 is 2.86 bits per heavy atom. The third kappa shape index (κ3) is 4.28. The van der Waals surface area contributed by atoms with E-state index in [9.17, 15) is 0 Å². The maximum Gasteiger partial charge on any atom is 0.107 e. The lowest BCUT2D eigenvalue weighted by Gasteiger charge is -2.01. The Labute approximate surface area is 102 Å². The lowest BCUT2D eigenvalue weighted by Crippen LogP contribution is -2.15. The van der Waals surface area contributed by atoms with Gasteiger partial charge in [-0.3, -0.25) is 0 Å². The van der Waals surface area contributed by atoms with Gasteiger partial charge in [-0.1, -0.05) is 11.6 Å². The maximum absolute atomic E-state index is 5.92. The summed E-state index contributed by atoms with van der Waals surface area (Å²) in [5, 5.41) is 3.35. The number of hydrogen-bond donors (Lipinski definition) is 2. The van der Waals surface area contributed by atoms with E-state index in [0.29, 0.717) is 0 Å². The zero-order valence-corrected chi connectivity index (χ0v) is 11.0. The van der Waals surface area contributed by atoms with E-state index in [0.717, 1.165) is 41.3 Å². The second-order valence-corrected chi connectivity index (χ2v) is 5.60. The molecule has 0 aliphatic rings. The van der Waals surface area contributed by atoms with E-state index in [1.54, 1.807) is 11.3 Å². The quantitative estimate of drug-likeness (QED) is 0.792. The van der Waals surface area contributed by atoms with Crippen molar-refractivity contribution in [2.24, 2.45) is 5.73 Å². The molecular weight excluding hydrogens is 284 g/mol. The molecule has 5 heteroatoms. The highest BCUT2D eigenvalue weighted by atomic mass is 79.9. The molecule has 1 heterocycles. The highest BCUT2D eigenvalue weighted by molar-refractivity contribution is 9.10. The van der Waals surface area contributed by atoms with E-state index >= 15 is 0 Å². The van der Waals surface area contributed by atoms with Gasteiger partial charge in [-0.25, -0.2) is 0 Å². The summed E-state index contributed by atoms with van der Waals surface area (Å²) in [6.45, 7) is 2.68. The molecule has 0 aliphatic carbocycles. The second kappa shape index (κ2) is 6.80.